The summed E-state index contributed by atoms with van der Waals surface area (Å²) in [7, 11) is 0. The van der Waals surface area contributed by atoms with Gasteiger partial charge in [-0.1, -0.05) is 23.2 Å². The molecule has 0 amide bonds. The Kier molecular flexibility index (Phi) is 6.15. The standard InChI is InChI=1S/C15H19Cl2NO3/c1-2-20-14(19)4-3-6-18-13-5-7-21-15-11(13)8-10(16)9-12(15)17/h8-9,13,18H,2-7H2,1H3. The third-order valence-corrected chi connectivity index (χ3v) is 3.82. The van der Waals surface area contributed by atoms with Gasteiger partial charge in [-0.3, -0.25) is 4.79 Å². The molecule has 1 aliphatic rings. The topological polar surface area (TPSA) is 47.6 Å². The van der Waals surface area contributed by atoms with E-state index in [0.29, 0.717) is 35.4 Å². The van der Waals surface area contributed by atoms with E-state index in [-0.39, 0.29) is 12.0 Å². The zero-order chi connectivity index (χ0) is 15.2. The van der Waals surface area contributed by atoms with E-state index in [2.05, 4.69) is 5.32 Å². The number of rotatable bonds is 6. The number of carbonyl (C=O) groups is 1. The van der Waals surface area contributed by atoms with E-state index >= 15 is 0 Å². The van der Waals surface area contributed by atoms with Crippen LogP contribution in [0.3, 0.4) is 0 Å². The zero-order valence-corrected chi connectivity index (χ0v) is 13.5. The minimum atomic E-state index is -0.155. The Bertz CT molecular complexity index is 508. The van der Waals surface area contributed by atoms with Crippen LogP contribution < -0.4 is 10.1 Å². The first-order valence-corrected chi connectivity index (χ1v) is 7.88. The molecule has 1 aliphatic heterocycles. The number of nitrogens with one attached hydrogen (secondary N) is 1. The molecule has 1 N–H and O–H groups in total. The Labute approximate surface area is 134 Å². The SMILES string of the molecule is CCOC(=O)CCCNC1CCOc2c(Cl)cc(Cl)cc21. The van der Waals surface area contributed by atoms with Crippen LogP contribution in [-0.2, 0) is 9.53 Å². The van der Waals surface area contributed by atoms with Crippen molar-refractivity contribution in [1.29, 1.82) is 0 Å². The lowest BCUT2D eigenvalue weighted by atomic mass is 10.0. The summed E-state index contributed by atoms with van der Waals surface area (Å²) in [6.07, 6.45) is 2.01. The zero-order valence-electron chi connectivity index (χ0n) is 12.0. The molecule has 1 aromatic rings. The molecule has 4 nitrogen and oxygen atoms in total. The second kappa shape index (κ2) is 7.87. The fourth-order valence-electron chi connectivity index (χ4n) is 2.38. The first kappa shape index (κ1) is 16.4. The molecule has 0 bridgehead atoms. The summed E-state index contributed by atoms with van der Waals surface area (Å²) >= 11 is 12.2. The average molecular weight is 332 g/mol. The lowest BCUT2D eigenvalue weighted by molar-refractivity contribution is -0.143. The highest BCUT2D eigenvalue weighted by Gasteiger charge is 2.23. The van der Waals surface area contributed by atoms with Crippen LogP contribution in [0, 0.1) is 0 Å². The van der Waals surface area contributed by atoms with Crippen molar-refractivity contribution in [3.05, 3.63) is 27.7 Å². The summed E-state index contributed by atoms with van der Waals surface area (Å²) in [5.41, 5.74) is 0.981. The highest BCUT2D eigenvalue weighted by atomic mass is 35.5. The summed E-state index contributed by atoms with van der Waals surface area (Å²) in [6, 6.07) is 3.71. The van der Waals surface area contributed by atoms with E-state index in [4.69, 9.17) is 32.7 Å². The Balaban J connectivity index is 1.90. The molecule has 6 heteroatoms. The van der Waals surface area contributed by atoms with Gasteiger partial charge in [0.25, 0.3) is 0 Å². The van der Waals surface area contributed by atoms with Crippen LogP contribution in [0.4, 0.5) is 0 Å². The fraction of sp³-hybridized carbons (Fsp3) is 0.533. The van der Waals surface area contributed by atoms with Crippen LogP contribution in [0.2, 0.25) is 10.0 Å². The lowest BCUT2D eigenvalue weighted by Crippen LogP contribution is -2.28. The molecular weight excluding hydrogens is 313 g/mol. The van der Waals surface area contributed by atoms with Crippen molar-refractivity contribution in [3.8, 4) is 5.75 Å². The second-order valence-corrected chi connectivity index (χ2v) is 5.70. The number of carbonyl (C=O) groups excluding carboxylic acids is 1. The van der Waals surface area contributed by atoms with E-state index in [1.165, 1.54) is 0 Å². The number of esters is 1. The number of fused-ring (bicyclic) bond motifs is 1. The predicted molar refractivity (Wildman–Crippen MR) is 83.2 cm³/mol. The number of hydrogen-bond acceptors (Lipinski definition) is 4. The van der Waals surface area contributed by atoms with Gasteiger partial charge in [0.15, 0.2) is 0 Å². The van der Waals surface area contributed by atoms with Crippen molar-refractivity contribution in [1.82, 2.24) is 5.32 Å². The highest BCUT2D eigenvalue weighted by Crippen LogP contribution is 2.39. The average Bonchev–Trinajstić information content (AvgIpc) is 2.44. The highest BCUT2D eigenvalue weighted by molar-refractivity contribution is 6.35. The Hall–Kier alpha value is -0.970. The van der Waals surface area contributed by atoms with Gasteiger partial charge in [-0.15, -0.1) is 0 Å². The normalized spacial score (nSPS) is 17.0. The van der Waals surface area contributed by atoms with E-state index in [9.17, 15) is 4.79 Å². The lowest BCUT2D eigenvalue weighted by Gasteiger charge is -2.27. The molecule has 0 radical (unpaired) electrons. The number of hydrogen-bond donors (Lipinski definition) is 1. The van der Waals surface area contributed by atoms with E-state index in [1.807, 2.05) is 13.0 Å². The number of ether oxygens (including phenoxy) is 2. The van der Waals surface area contributed by atoms with E-state index in [0.717, 1.165) is 24.9 Å². The second-order valence-electron chi connectivity index (χ2n) is 4.86. The van der Waals surface area contributed by atoms with Crippen LogP contribution in [0.25, 0.3) is 0 Å². The number of halogens is 2. The molecule has 21 heavy (non-hydrogen) atoms. The molecule has 1 heterocycles. The van der Waals surface area contributed by atoms with Gasteiger partial charge in [-0.2, -0.15) is 0 Å². The van der Waals surface area contributed by atoms with Crippen molar-refractivity contribution in [2.24, 2.45) is 0 Å². The first-order chi connectivity index (χ1) is 10.1. The van der Waals surface area contributed by atoms with Crippen molar-refractivity contribution in [3.63, 3.8) is 0 Å². The molecule has 0 aliphatic carbocycles. The molecule has 1 aromatic carbocycles. The molecule has 0 saturated heterocycles. The monoisotopic (exact) mass is 331 g/mol. The molecule has 0 fully saturated rings. The van der Waals surface area contributed by atoms with Crippen LogP contribution in [0.5, 0.6) is 5.75 Å². The maximum absolute atomic E-state index is 11.3. The van der Waals surface area contributed by atoms with E-state index < -0.39 is 0 Å². The third kappa shape index (κ3) is 4.50. The molecule has 116 valence electrons. The summed E-state index contributed by atoms with van der Waals surface area (Å²) in [5.74, 6) is 0.549. The van der Waals surface area contributed by atoms with Gasteiger partial charge < -0.3 is 14.8 Å². The molecule has 0 aromatic heterocycles. The van der Waals surface area contributed by atoms with Crippen molar-refractivity contribution < 1.29 is 14.3 Å². The molecule has 1 atom stereocenters. The number of benzene rings is 1. The maximum Gasteiger partial charge on any atom is 0.305 e. The Morgan fingerprint density at radius 3 is 3.05 bits per heavy atom. The molecule has 1 unspecified atom stereocenters. The van der Waals surface area contributed by atoms with Gasteiger partial charge in [0.1, 0.15) is 5.75 Å². The van der Waals surface area contributed by atoms with Gasteiger partial charge in [-0.25, -0.2) is 0 Å². The minimum absolute atomic E-state index is 0.146. The van der Waals surface area contributed by atoms with Crippen LogP contribution in [0.1, 0.15) is 37.8 Å². The Morgan fingerprint density at radius 2 is 2.29 bits per heavy atom. The van der Waals surface area contributed by atoms with Crippen molar-refractivity contribution in [2.75, 3.05) is 19.8 Å². The van der Waals surface area contributed by atoms with Gasteiger partial charge in [0.05, 0.1) is 18.2 Å². The maximum atomic E-state index is 11.3. The predicted octanol–water partition coefficient (Wildman–Crippen LogP) is 3.75. The van der Waals surface area contributed by atoms with Crippen LogP contribution in [0.15, 0.2) is 12.1 Å². The van der Waals surface area contributed by atoms with Gasteiger partial charge in [0, 0.05) is 29.5 Å². The third-order valence-electron chi connectivity index (χ3n) is 3.32. The Morgan fingerprint density at radius 1 is 1.48 bits per heavy atom. The fourth-order valence-corrected chi connectivity index (χ4v) is 2.94. The minimum Gasteiger partial charge on any atom is -0.492 e. The smallest absolute Gasteiger partial charge is 0.305 e. The molecular formula is C15H19Cl2NO3. The van der Waals surface area contributed by atoms with E-state index in [1.54, 1.807) is 6.07 Å². The van der Waals surface area contributed by atoms with Gasteiger partial charge in [-0.05, 0) is 32.0 Å². The van der Waals surface area contributed by atoms with Crippen molar-refractivity contribution in [2.45, 2.75) is 32.2 Å². The largest absolute Gasteiger partial charge is 0.492 e. The summed E-state index contributed by atoms with van der Waals surface area (Å²) in [5, 5.41) is 4.56. The summed E-state index contributed by atoms with van der Waals surface area (Å²) < 4.78 is 10.5. The first-order valence-electron chi connectivity index (χ1n) is 7.12. The molecule has 0 saturated carbocycles. The molecule has 2 rings (SSSR count). The van der Waals surface area contributed by atoms with Gasteiger partial charge in [0.2, 0.25) is 0 Å². The quantitative estimate of drug-likeness (QED) is 0.637. The van der Waals surface area contributed by atoms with Crippen LogP contribution in [-0.4, -0.2) is 25.7 Å². The van der Waals surface area contributed by atoms with Crippen LogP contribution >= 0.6 is 23.2 Å². The molecule has 0 spiro atoms. The summed E-state index contributed by atoms with van der Waals surface area (Å²) in [6.45, 7) is 3.58. The summed E-state index contributed by atoms with van der Waals surface area (Å²) in [4.78, 5) is 11.3. The van der Waals surface area contributed by atoms with Crippen molar-refractivity contribution >= 4 is 29.2 Å². The van der Waals surface area contributed by atoms with Gasteiger partial charge >= 0.3 is 5.97 Å².